The van der Waals surface area contributed by atoms with E-state index in [-0.39, 0.29) is 18.2 Å². The van der Waals surface area contributed by atoms with E-state index in [4.69, 9.17) is 9.47 Å². The molecule has 2 amide bonds. The van der Waals surface area contributed by atoms with Gasteiger partial charge in [0.1, 0.15) is 11.8 Å². The van der Waals surface area contributed by atoms with Crippen molar-refractivity contribution in [3.05, 3.63) is 29.3 Å². The van der Waals surface area contributed by atoms with E-state index in [1.165, 1.54) is 37.0 Å². The van der Waals surface area contributed by atoms with E-state index >= 15 is 0 Å². The molecule has 2 atom stereocenters. The molecule has 0 aromatic heterocycles. The molecular weight excluding hydrogens is 432 g/mol. The molecule has 34 heavy (non-hydrogen) atoms. The number of ether oxygens (including phenoxy) is 2. The van der Waals surface area contributed by atoms with Gasteiger partial charge in [0.15, 0.2) is 6.10 Å². The lowest BCUT2D eigenvalue weighted by atomic mass is 10.1. The molecule has 1 aliphatic heterocycles. The molecular formula is C27H42N2O5. The summed E-state index contributed by atoms with van der Waals surface area (Å²) in [7, 11) is 0. The van der Waals surface area contributed by atoms with Crippen molar-refractivity contribution in [3.63, 3.8) is 0 Å². The third-order valence-electron chi connectivity index (χ3n) is 6.29. The highest BCUT2D eigenvalue weighted by molar-refractivity contribution is 5.93. The van der Waals surface area contributed by atoms with Crippen molar-refractivity contribution in [2.24, 2.45) is 0 Å². The minimum absolute atomic E-state index is 0.148. The summed E-state index contributed by atoms with van der Waals surface area (Å²) in [5.41, 5.74) is 1.88. The Labute approximate surface area is 204 Å². The number of carbonyl (C=O) groups is 3. The average molecular weight is 475 g/mol. The fourth-order valence-corrected chi connectivity index (χ4v) is 4.27. The summed E-state index contributed by atoms with van der Waals surface area (Å²) in [6.07, 6.45) is 8.38. The first-order chi connectivity index (χ1) is 16.3. The zero-order valence-corrected chi connectivity index (χ0v) is 21.4. The summed E-state index contributed by atoms with van der Waals surface area (Å²) in [6.45, 7) is 8.78. The van der Waals surface area contributed by atoms with Crippen LogP contribution in [0.1, 0.15) is 82.8 Å². The first-order valence-corrected chi connectivity index (χ1v) is 12.8. The highest BCUT2D eigenvalue weighted by Gasteiger charge is 2.37. The van der Waals surface area contributed by atoms with E-state index < -0.39 is 18.1 Å². The smallest absolute Gasteiger partial charge is 0.308 e. The maximum absolute atomic E-state index is 13.2. The third kappa shape index (κ3) is 8.65. The van der Waals surface area contributed by atoms with Gasteiger partial charge in [-0.3, -0.25) is 14.4 Å². The van der Waals surface area contributed by atoms with Crippen LogP contribution in [-0.4, -0.2) is 54.5 Å². The number of hydrogen-bond acceptors (Lipinski definition) is 5. The molecule has 1 fully saturated rings. The molecule has 1 aromatic rings. The first kappa shape index (κ1) is 27.7. The Morgan fingerprint density at radius 3 is 2.32 bits per heavy atom. The molecule has 0 saturated carbocycles. The van der Waals surface area contributed by atoms with Crippen LogP contribution in [0.3, 0.4) is 0 Å². The Morgan fingerprint density at radius 1 is 1.06 bits per heavy atom. The van der Waals surface area contributed by atoms with E-state index in [0.29, 0.717) is 25.4 Å². The number of piperazine rings is 1. The Kier molecular flexibility index (Phi) is 11.9. The van der Waals surface area contributed by atoms with Crippen LogP contribution in [-0.2, 0) is 19.1 Å². The first-order valence-electron chi connectivity index (χ1n) is 12.8. The van der Waals surface area contributed by atoms with Crippen molar-refractivity contribution in [2.75, 3.05) is 19.7 Å². The van der Waals surface area contributed by atoms with Gasteiger partial charge in [-0.2, -0.15) is 0 Å². The topological polar surface area (TPSA) is 84.9 Å². The molecule has 2 rings (SSSR count). The van der Waals surface area contributed by atoms with Gasteiger partial charge >= 0.3 is 5.97 Å². The molecule has 1 N–H and O–H groups in total. The van der Waals surface area contributed by atoms with Crippen molar-refractivity contribution in [3.8, 4) is 5.75 Å². The lowest BCUT2D eigenvalue weighted by molar-refractivity contribution is -0.154. The van der Waals surface area contributed by atoms with Gasteiger partial charge in [0, 0.05) is 13.1 Å². The van der Waals surface area contributed by atoms with Gasteiger partial charge in [-0.1, -0.05) is 70.1 Å². The number of unbranched alkanes of at least 4 members (excludes halogenated alkanes) is 7. The summed E-state index contributed by atoms with van der Waals surface area (Å²) >= 11 is 0. The van der Waals surface area contributed by atoms with Crippen LogP contribution in [0.4, 0.5) is 0 Å². The van der Waals surface area contributed by atoms with Gasteiger partial charge in [0.05, 0.1) is 13.0 Å². The van der Waals surface area contributed by atoms with Gasteiger partial charge in [0.2, 0.25) is 5.91 Å². The normalized spacial score (nSPS) is 16.6. The molecule has 1 saturated heterocycles. The fourth-order valence-electron chi connectivity index (χ4n) is 4.27. The van der Waals surface area contributed by atoms with E-state index in [1.807, 2.05) is 32.0 Å². The predicted octanol–water partition coefficient (Wildman–Crippen LogP) is 4.47. The van der Waals surface area contributed by atoms with Gasteiger partial charge in [0.25, 0.3) is 5.91 Å². The van der Waals surface area contributed by atoms with Crippen LogP contribution < -0.4 is 10.1 Å². The Balaban J connectivity index is 1.82. The van der Waals surface area contributed by atoms with E-state index in [9.17, 15) is 14.4 Å². The second-order valence-corrected chi connectivity index (χ2v) is 9.22. The number of amides is 2. The van der Waals surface area contributed by atoms with Crippen molar-refractivity contribution in [1.29, 1.82) is 0 Å². The van der Waals surface area contributed by atoms with Crippen molar-refractivity contribution < 1.29 is 23.9 Å². The maximum Gasteiger partial charge on any atom is 0.308 e. The highest BCUT2D eigenvalue weighted by Crippen LogP contribution is 2.24. The number of hydrogen-bond donors (Lipinski definition) is 1. The lowest BCUT2D eigenvalue weighted by Gasteiger charge is -2.36. The fraction of sp³-hybridized carbons (Fsp3) is 0.667. The molecule has 190 valence electrons. The van der Waals surface area contributed by atoms with Crippen LogP contribution in [0.25, 0.3) is 0 Å². The minimum Gasteiger partial charge on any atom is -0.480 e. The largest absolute Gasteiger partial charge is 0.480 e. The number of nitrogens with one attached hydrogen (secondary N) is 1. The number of rotatable bonds is 14. The average Bonchev–Trinajstić information content (AvgIpc) is 2.81. The van der Waals surface area contributed by atoms with Gasteiger partial charge in [-0.25, -0.2) is 0 Å². The summed E-state index contributed by atoms with van der Waals surface area (Å²) < 4.78 is 11.3. The predicted molar refractivity (Wildman–Crippen MR) is 133 cm³/mol. The van der Waals surface area contributed by atoms with Crippen LogP contribution >= 0.6 is 0 Å². The SMILES string of the molecule is CCCCCCCCCCOC(=O)CC1C(=O)NCCN1C(=O)C(C)Oc1c(C)cccc1C. The summed E-state index contributed by atoms with van der Waals surface area (Å²) in [6, 6.07) is 4.92. The van der Waals surface area contributed by atoms with E-state index in [0.717, 1.165) is 30.4 Å². The van der Waals surface area contributed by atoms with E-state index in [1.54, 1.807) is 6.92 Å². The maximum atomic E-state index is 13.2. The van der Waals surface area contributed by atoms with Crippen molar-refractivity contribution >= 4 is 17.8 Å². The zero-order chi connectivity index (χ0) is 24.9. The second kappa shape index (κ2) is 14.6. The number of benzene rings is 1. The molecule has 0 radical (unpaired) electrons. The molecule has 0 aliphatic carbocycles. The minimum atomic E-state index is -0.878. The molecule has 0 bridgehead atoms. The number of nitrogens with zero attached hydrogens (tertiary/aromatic N) is 1. The summed E-state index contributed by atoms with van der Waals surface area (Å²) in [5, 5.41) is 2.75. The molecule has 0 spiro atoms. The highest BCUT2D eigenvalue weighted by atomic mass is 16.5. The van der Waals surface area contributed by atoms with Gasteiger partial charge in [-0.05, 0) is 38.3 Å². The number of carbonyl (C=O) groups excluding carboxylic acids is 3. The number of para-hydroxylation sites is 1. The second-order valence-electron chi connectivity index (χ2n) is 9.22. The standard InChI is InChI=1S/C27H42N2O5/c1-5-6-7-8-9-10-11-12-18-33-24(30)19-23-26(31)28-16-17-29(23)27(32)22(4)34-25-20(2)14-13-15-21(25)3/h13-15,22-23H,5-12,16-19H2,1-4H3,(H,28,31). The van der Waals surface area contributed by atoms with Crippen LogP contribution in [0.2, 0.25) is 0 Å². The Bertz CT molecular complexity index is 790. The van der Waals surface area contributed by atoms with Crippen molar-refractivity contribution in [2.45, 2.75) is 97.6 Å². The molecule has 7 nitrogen and oxygen atoms in total. The molecule has 1 aromatic carbocycles. The molecule has 1 aliphatic rings. The quantitative estimate of drug-likeness (QED) is 0.318. The van der Waals surface area contributed by atoms with Crippen LogP contribution in [0.5, 0.6) is 5.75 Å². The van der Waals surface area contributed by atoms with Gasteiger partial charge in [-0.15, -0.1) is 0 Å². The molecule has 2 unspecified atom stereocenters. The zero-order valence-electron chi connectivity index (χ0n) is 21.4. The lowest BCUT2D eigenvalue weighted by Crippen LogP contribution is -2.60. The van der Waals surface area contributed by atoms with Crippen LogP contribution in [0, 0.1) is 13.8 Å². The third-order valence-corrected chi connectivity index (χ3v) is 6.29. The number of aryl methyl sites for hydroxylation is 2. The Hall–Kier alpha value is -2.57. The Morgan fingerprint density at radius 2 is 1.68 bits per heavy atom. The summed E-state index contributed by atoms with van der Waals surface area (Å²) in [4.78, 5) is 39.5. The molecule has 1 heterocycles. The summed E-state index contributed by atoms with van der Waals surface area (Å²) in [5.74, 6) is -0.418. The monoisotopic (exact) mass is 474 g/mol. The van der Waals surface area contributed by atoms with Crippen molar-refractivity contribution in [1.82, 2.24) is 10.2 Å². The molecule has 7 heteroatoms. The van der Waals surface area contributed by atoms with Crippen LogP contribution in [0.15, 0.2) is 18.2 Å². The van der Waals surface area contributed by atoms with E-state index in [2.05, 4.69) is 12.2 Å². The number of esters is 1. The van der Waals surface area contributed by atoms with Gasteiger partial charge < -0.3 is 19.7 Å².